The predicted molar refractivity (Wildman–Crippen MR) is 152 cm³/mol. The van der Waals surface area contributed by atoms with Crippen LogP contribution in [0.15, 0.2) is 77.7 Å². The Morgan fingerprint density at radius 2 is 1.64 bits per heavy atom. The third kappa shape index (κ3) is 4.25. The van der Waals surface area contributed by atoms with Gasteiger partial charge in [-0.1, -0.05) is 42.5 Å². The summed E-state index contributed by atoms with van der Waals surface area (Å²) in [6, 6.07) is 23.3. The highest BCUT2D eigenvalue weighted by Crippen LogP contribution is 2.34. The number of hydrogen-bond acceptors (Lipinski definition) is 6. The number of rotatable bonds is 5. The topological polar surface area (TPSA) is 78.0 Å². The van der Waals surface area contributed by atoms with E-state index in [0.29, 0.717) is 35.4 Å². The highest BCUT2D eigenvalue weighted by atomic mass is 32.2. The van der Waals surface area contributed by atoms with E-state index in [-0.39, 0.29) is 17.9 Å². The molecule has 1 aromatic heterocycles. The van der Waals surface area contributed by atoms with Gasteiger partial charge in [0, 0.05) is 55.3 Å². The van der Waals surface area contributed by atoms with Crippen LogP contribution in [0.4, 0.5) is 0 Å². The van der Waals surface area contributed by atoms with Gasteiger partial charge in [0.05, 0.1) is 15.8 Å². The molecule has 0 spiro atoms. The number of hydrogen-bond donors (Lipinski definition) is 0. The van der Waals surface area contributed by atoms with Crippen LogP contribution in [0.25, 0.3) is 21.2 Å². The number of carbonyl (C=O) groups excluding carboxylic acids is 2. The molecule has 7 nitrogen and oxygen atoms in total. The minimum Gasteiger partial charge on any atom is -0.335 e. The van der Waals surface area contributed by atoms with Crippen molar-refractivity contribution in [3.8, 4) is 11.1 Å². The summed E-state index contributed by atoms with van der Waals surface area (Å²) in [5.74, 6) is 0.187. The Labute approximate surface area is 231 Å². The highest BCUT2D eigenvalue weighted by molar-refractivity contribution is 7.90. The molecule has 0 saturated carbocycles. The molecule has 0 bridgehead atoms. The van der Waals surface area contributed by atoms with E-state index < -0.39 is 9.84 Å². The molecule has 198 valence electrons. The fraction of sp³-hybridized carbons (Fsp3) is 0.267. The monoisotopic (exact) mass is 557 g/mol. The first kappa shape index (κ1) is 24.5. The van der Waals surface area contributed by atoms with Crippen molar-refractivity contribution in [3.63, 3.8) is 0 Å². The van der Waals surface area contributed by atoms with Crippen molar-refractivity contribution in [1.29, 1.82) is 0 Å². The number of fused-ring (bicyclic) bond motifs is 2. The van der Waals surface area contributed by atoms with Gasteiger partial charge in [0.1, 0.15) is 0 Å². The lowest BCUT2D eigenvalue weighted by Crippen LogP contribution is -2.70. The summed E-state index contributed by atoms with van der Waals surface area (Å²) in [4.78, 5) is 33.3. The standard InChI is InChI=1S/C30H27N3O4S2/c1-39(36,37)25-7-4-6-19(11-25)20-9-10-21-13-28(38-27(21)12-20)30(35)32-15-23(16-32)31-17-24(18-31)33-14-22-5-2-3-8-26(22)29(33)34/h2-13,23-24H,14-18H2,1H3. The Morgan fingerprint density at radius 1 is 0.872 bits per heavy atom. The number of amides is 2. The van der Waals surface area contributed by atoms with Crippen molar-refractivity contribution in [2.75, 3.05) is 32.4 Å². The zero-order valence-corrected chi connectivity index (χ0v) is 23.0. The highest BCUT2D eigenvalue weighted by Gasteiger charge is 2.45. The van der Waals surface area contributed by atoms with Crippen LogP contribution < -0.4 is 0 Å². The summed E-state index contributed by atoms with van der Waals surface area (Å²) in [5.41, 5.74) is 3.69. The van der Waals surface area contributed by atoms with Crippen LogP contribution in [-0.2, 0) is 16.4 Å². The first-order chi connectivity index (χ1) is 18.7. The fourth-order valence-electron chi connectivity index (χ4n) is 5.79. The van der Waals surface area contributed by atoms with Gasteiger partial charge in [0.25, 0.3) is 11.8 Å². The minimum absolute atomic E-state index is 0.0512. The molecule has 2 amide bonds. The zero-order chi connectivity index (χ0) is 26.9. The fourth-order valence-corrected chi connectivity index (χ4v) is 7.52. The molecular formula is C30H27N3O4S2. The lowest BCUT2D eigenvalue weighted by atomic mass is 9.98. The van der Waals surface area contributed by atoms with Crippen LogP contribution in [0.2, 0.25) is 0 Å². The number of thiophene rings is 1. The molecule has 39 heavy (non-hydrogen) atoms. The molecule has 3 aliphatic heterocycles. The quantitative estimate of drug-likeness (QED) is 0.369. The molecule has 0 aliphatic carbocycles. The molecule has 0 N–H and O–H groups in total. The molecule has 3 aromatic carbocycles. The molecule has 7 rings (SSSR count). The first-order valence-corrected chi connectivity index (χ1v) is 15.7. The molecule has 4 aromatic rings. The molecule has 4 heterocycles. The molecular weight excluding hydrogens is 530 g/mol. The first-order valence-electron chi connectivity index (χ1n) is 13.0. The number of sulfone groups is 1. The van der Waals surface area contributed by atoms with Crippen LogP contribution in [-0.4, -0.2) is 79.5 Å². The van der Waals surface area contributed by atoms with Gasteiger partial charge in [0.2, 0.25) is 0 Å². The van der Waals surface area contributed by atoms with Gasteiger partial charge in [-0.2, -0.15) is 0 Å². The average molecular weight is 558 g/mol. The van der Waals surface area contributed by atoms with E-state index in [9.17, 15) is 18.0 Å². The van der Waals surface area contributed by atoms with Crippen molar-refractivity contribution < 1.29 is 18.0 Å². The largest absolute Gasteiger partial charge is 0.335 e. The van der Waals surface area contributed by atoms with Crippen LogP contribution in [0.3, 0.4) is 0 Å². The van der Waals surface area contributed by atoms with E-state index in [1.165, 1.54) is 17.6 Å². The van der Waals surface area contributed by atoms with Gasteiger partial charge in [-0.3, -0.25) is 14.5 Å². The predicted octanol–water partition coefficient (Wildman–Crippen LogP) is 4.14. The Bertz CT molecular complexity index is 1750. The van der Waals surface area contributed by atoms with E-state index in [4.69, 9.17) is 0 Å². The van der Waals surface area contributed by atoms with Gasteiger partial charge in [0.15, 0.2) is 9.84 Å². The van der Waals surface area contributed by atoms with Gasteiger partial charge in [-0.05, 0) is 52.4 Å². The molecule has 3 aliphatic rings. The molecule has 0 atom stereocenters. The minimum atomic E-state index is -3.29. The number of likely N-dealkylation sites (tertiary alicyclic amines) is 2. The molecule has 2 saturated heterocycles. The van der Waals surface area contributed by atoms with E-state index >= 15 is 0 Å². The van der Waals surface area contributed by atoms with Gasteiger partial charge in [-0.15, -0.1) is 11.3 Å². The maximum atomic E-state index is 13.2. The van der Waals surface area contributed by atoms with Crippen LogP contribution in [0.1, 0.15) is 25.6 Å². The molecule has 2 fully saturated rings. The van der Waals surface area contributed by atoms with Crippen molar-refractivity contribution >= 4 is 43.1 Å². The van der Waals surface area contributed by atoms with Gasteiger partial charge < -0.3 is 9.80 Å². The maximum Gasteiger partial charge on any atom is 0.264 e. The molecule has 0 unspecified atom stereocenters. The third-order valence-corrected chi connectivity index (χ3v) is 10.4. The SMILES string of the molecule is CS(=O)(=O)c1cccc(-c2ccc3cc(C(=O)N4CC(N5CC(N6Cc7ccccc7C6=O)C5)C4)sc3c2)c1. The van der Waals surface area contributed by atoms with Gasteiger partial charge in [-0.25, -0.2) is 8.42 Å². The summed E-state index contributed by atoms with van der Waals surface area (Å²) in [7, 11) is -3.29. The Balaban J connectivity index is 0.980. The smallest absolute Gasteiger partial charge is 0.264 e. The number of carbonyl (C=O) groups is 2. The van der Waals surface area contributed by atoms with E-state index in [0.717, 1.165) is 45.4 Å². The summed E-state index contributed by atoms with van der Waals surface area (Å²) >= 11 is 1.48. The third-order valence-electron chi connectivity index (χ3n) is 8.17. The second-order valence-electron chi connectivity index (χ2n) is 10.7. The number of nitrogens with zero attached hydrogens (tertiary/aromatic N) is 3. The van der Waals surface area contributed by atoms with Crippen LogP contribution in [0.5, 0.6) is 0 Å². The summed E-state index contributed by atoms with van der Waals surface area (Å²) in [5, 5.41) is 1.00. The van der Waals surface area contributed by atoms with Crippen LogP contribution in [0, 0.1) is 0 Å². The van der Waals surface area contributed by atoms with E-state index in [2.05, 4.69) is 4.90 Å². The summed E-state index contributed by atoms with van der Waals surface area (Å²) in [6.07, 6.45) is 1.21. The molecule has 9 heteroatoms. The van der Waals surface area contributed by atoms with Crippen molar-refractivity contribution in [2.45, 2.75) is 23.5 Å². The Hall–Kier alpha value is -3.53. The normalized spacial score (nSPS) is 18.3. The van der Waals surface area contributed by atoms with E-state index in [1.807, 2.05) is 64.4 Å². The average Bonchev–Trinajstić information content (AvgIpc) is 3.45. The second-order valence-corrected chi connectivity index (χ2v) is 13.8. The second kappa shape index (κ2) is 9.01. The Kier molecular flexibility index (Phi) is 5.66. The summed E-state index contributed by atoms with van der Waals surface area (Å²) in [6.45, 7) is 3.83. The van der Waals surface area contributed by atoms with Crippen molar-refractivity contribution in [2.24, 2.45) is 0 Å². The van der Waals surface area contributed by atoms with Crippen molar-refractivity contribution in [3.05, 3.63) is 88.8 Å². The summed E-state index contributed by atoms with van der Waals surface area (Å²) < 4.78 is 24.9. The lowest BCUT2D eigenvalue weighted by molar-refractivity contribution is -0.0363. The van der Waals surface area contributed by atoms with E-state index in [1.54, 1.807) is 18.2 Å². The molecule has 0 radical (unpaired) electrons. The Morgan fingerprint density at radius 3 is 2.41 bits per heavy atom. The van der Waals surface area contributed by atoms with Crippen molar-refractivity contribution in [1.82, 2.24) is 14.7 Å². The zero-order valence-electron chi connectivity index (χ0n) is 21.4. The van der Waals surface area contributed by atoms with Gasteiger partial charge >= 0.3 is 0 Å². The van der Waals surface area contributed by atoms with Crippen LogP contribution >= 0.6 is 11.3 Å². The number of benzene rings is 3. The lowest BCUT2D eigenvalue weighted by Gasteiger charge is -2.53. The maximum absolute atomic E-state index is 13.2.